The molecule has 0 aromatic heterocycles. The summed E-state index contributed by atoms with van der Waals surface area (Å²) in [6, 6.07) is 0. The highest BCUT2D eigenvalue weighted by Crippen LogP contribution is 2.11. The maximum Gasteiger partial charge on any atom is 0.104 e. The Morgan fingerprint density at radius 1 is 0.750 bits per heavy atom. The number of hydrogen-bond acceptors (Lipinski definition) is 3. The molecular formula is C17H37NO2. The van der Waals surface area contributed by atoms with E-state index in [1.54, 1.807) is 0 Å². The van der Waals surface area contributed by atoms with Gasteiger partial charge in [0.05, 0.1) is 0 Å². The van der Waals surface area contributed by atoms with E-state index in [1.165, 1.54) is 64.2 Å². The molecule has 0 aliphatic carbocycles. The number of hydrogen-bond donors (Lipinski definition) is 3. The lowest BCUT2D eigenvalue weighted by molar-refractivity contribution is 0.124. The summed E-state index contributed by atoms with van der Waals surface area (Å²) in [4.78, 5) is 0. The van der Waals surface area contributed by atoms with Gasteiger partial charge < -0.3 is 10.2 Å². The Bertz CT molecular complexity index is 176. The number of unbranched alkanes of at least 4 members (excludes halogenated alkanes) is 10. The molecule has 0 heterocycles. The molecule has 0 saturated carbocycles. The molecule has 1 unspecified atom stereocenters. The normalized spacial score (nSPS) is 12.8. The molecule has 3 nitrogen and oxygen atoms in total. The molecule has 0 amide bonds. The maximum absolute atomic E-state index is 9.74. The molecule has 0 spiro atoms. The van der Waals surface area contributed by atoms with Crippen molar-refractivity contribution in [1.82, 2.24) is 5.32 Å². The molecule has 0 aromatic rings. The molecule has 122 valence electrons. The summed E-state index contributed by atoms with van der Waals surface area (Å²) < 4.78 is 0. The minimum absolute atomic E-state index is 0.301. The molecule has 0 aliphatic heterocycles. The van der Waals surface area contributed by atoms with Crippen molar-refractivity contribution in [3.63, 3.8) is 0 Å². The smallest absolute Gasteiger partial charge is 0.104 e. The van der Waals surface area contributed by atoms with Crippen LogP contribution in [0.25, 0.3) is 0 Å². The van der Waals surface area contributed by atoms with Gasteiger partial charge in [0.1, 0.15) is 6.23 Å². The highest BCUT2D eigenvalue weighted by molar-refractivity contribution is 4.55. The summed E-state index contributed by atoms with van der Waals surface area (Å²) in [5, 5.41) is 21.6. The van der Waals surface area contributed by atoms with Gasteiger partial charge in [-0.15, -0.1) is 0 Å². The Morgan fingerprint density at radius 2 is 1.30 bits per heavy atom. The van der Waals surface area contributed by atoms with Gasteiger partial charge >= 0.3 is 0 Å². The third-order valence-electron chi connectivity index (χ3n) is 3.80. The quantitative estimate of drug-likeness (QED) is 0.297. The molecular weight excluding hydrogens is 250 g/mol. The van der Waals surface area contributed by atoms with E-state index in [1.807, 2.05) is 0 Å². The summed E-state index contributed by atoms with van der Waals surface area (Å²) in [6.07, 6.45) is 15.3. The van der Waals surface area contributed by atoms with E-state index < -0.39 is 0 Å². The fraction of sp³-hybridized carbons (Fsp3) is 1.00. The molecule has 0 radical (unpaired) electrons. The Hall–Kier alpha value is -0.120. The van der Waals surface area contributed by atoms with Gasteiger partial charge in [-0.1, -0.05) is 64.7 Å². The third-order valence-corrected chi connectivity index (χ3v) is 3.80. The van der Waals surface area contributed by atoms with Gasteiger partial charge in [-0.05, 0) is 32.2 Å². The highest BCUT2D eigenvalue weighted by Gasteiger charge is 2.01. The van der Waals surface area contributed by atoms with E-state index in [9.17, 15) is 5.11 Å². The van der Waals surface area contributed by atoms with Crippen LogP contribution in [-0.2, 0) is 0 Å². The monoisotopic (exact) mass is 287 g/mol. The van der Waals surface area contributed by atoms with E-state index in [4.69, 9.17) is 5.11 Å². The highest BCUT2D eigenvalue weighted by atomic mass is 16.3. The summed E-state index contributed by atoms with van der Waals surface area (Å²) >= 11 is 0. The van der Waals surface area contributed by atoms with Gasteiger partial charge in [-0.2, -0.15) is 0 Å². The number of nitrogens with one attached hydrogen (secondary N) is 1. The molecule has 0 fully saturated rings. The maximum atomic E-state index is 9.74. The van der Waals surface area contributed by atoms with E-state index in [-0.39, 0.29) is 6.23 Å². The molecule has 0 saturated heterocycles. The van der Waals surface area contributed by atoms with Crippen molar-refractivity contribution in [3.8, 4) is 0 Å². The van der Waals surface area contributed by atoms with Crippen LogP contribution in [0.3, 0.4) is 0 Å². The first-order valence-electron chi connectivity index (χ1n) is 8.83. The Balaban J connectivity index is 3.07. The van der Waals surface area contributed by atoms with Gasteiger partial charge in [0.15, 0.2) is 0 Å². The average molecular weight is 287 g/mol. The van der Waals surface area contributed by atoms with Gasteiger partial charge in [0.25, 0.3) is 0 Å². The minimum atomic E-state index is -0.301. The van der Waals surface area contributed by atoms with Crippen molar-refractivity contribution in [2.24, 2.45) is 0 Å². The van der Waals surface area contributed by atoms with Crippen LogP contribution >= 0.6 is 0 Å². The average Bonchev–Trinajstić information content (AvgIpc) is 2.45. The van der Waals surface area contributed by atoms with E-state index in [2.05, 4.69) is 12.2 Å². The van der Waals surface area contributed by atoms with Crippen LogP contribution in [0.4, 0.5) is 0 Å². The fourth-order valence-corrected chi connectivity index (χ4v) is 2.43. The predicted octanol–water partition coefficient (Wildman–Crippen LogP) is 3.98. The standard InChI is InChI=1S/C17H37NO2/c1-2-3-12-15-18-17(20)14-11-9-7-5-4-6-8-10-13-16-19/h17-20H,2-16H2,1H3. The number of aliphatic hydroxyl groups is 2. The molecule has 0 bridgehead atoms. The number of rotatable bonds is 16. The van der Waals surface area contributed by atoms with Crippen LogP contribution in [0.1, 0.15) is 90.4 Å². The van der Waals surface area contributed by atoms with Crippen LogP contribution in [0.2, 0.25) is 0 Å². The number of aliphatic hydroxyl groups excluding tert-OH is 2. The Kier molecular flexibility index (Phi) is 16.8. The van der Waals surface area contributed by atoms with E-state index >= 15 is 0 Å². The van der Waals surface area contributed by atoms with Gasteiger partial charge in [0.2, 0.25) is 0 Å². The zero-order valence-electron chi connectivity index (χ0n) is 13.6. The molecule has 0 aromatic carbocycles. The summed E-state index contributed by atoms with van der Waals surface area (Å²) in [5.74, 6) is 0. The molecule has 0 aliphatic rings. The third kappa shape index (κ3) is 15.9. The van der Waals surface area contributed by atoms with E-state index in [0.717, 1.165) is 25.8 Å². The van der Waals surface area contributed by atoms with Crippen LogP contribution in [0.5, 0.6) is 0 Å². The molecule has 3 N–H and O–H groups in total. The largest absolute Gasteiger partial charge is 0.396 e. The summed E-state index contributed by atoms with van der Waals surface area (Å²) in [7, 11) is 0. The summed E-state index contributed by atoms with van der Waals surface area (Å²) in [5.41, 5.74) is 0. The molecule has 1 atom stereocenters. The zero-order chi connectivity index (χ0) is 14.9. The van der Waals surface area contributed by atoms with Gasteiger partial charge in [-0.25, -0.2) is 0 Å². The lowest BCUT2D eigenvalue weighted by atomic mass is 10.1. The fourth-order valence-electron chi connectivity index (χ4n) is 2.43. The first kappa shape index (κ1) is 19.9. The van der Waals surface area contributed by atoms with Crippen molar-refractivity contribution in [2.75, 3.05) is 13.2 Å². The van der Waals surface area contributed by atoms with Crippen molar-refractivity contribution < 1.29 is 10.2 Å². The van der Waals surface area contributed by atoms with Crippen LogP contribution < -0.4 is 5.32 Å². The first-order valence-corrected chi connectivity index (χ1v) is 8.83. The first-order chi connectivity index (χ1) is 9.81. The van der Waals surface area contributed by atoms with Crippen LogP contribution in [-0.4, -0.2) is 29.6 Å². The minimum Gasteiger partial charge on any atom is -0.396 e. The van der Waals surface area contributed by atoms with Gasteiger partial charge in [-0.3, -0.25) is 5.32 Å². The molecule has 0 rings (SSSR count). The van der Waals surface area contributed by atoms with Crippen molar-refractivity contribution in [1.29, 1.82) is 0 Å². The zero-order valence-corrected chi connectivity index (χ0v) is 13.6. The SMILES string of the molecule is CCCCCNC(O)CCCCCCCCCCCO. The molecule has 3 heteroatoms. The Labute approximate surface area is 126 Å². The second-order valence-electron chi connectivity index (χ2n) is 5.87. The van der Waals surface area contributed by atoms with Crippen LogP contribution in [0, 0.1) is 0 Å². The topological polar surface area (TPSA) is 52.5 Å². The lowest BCUT2D eigenvalue weighted by Crippen LogP contribution is -2.29. The second kappa shape index (κ2) is 16.9. The molecule has 20 heavy (non-hydrogen) atoms. The van der Waals surface area contributed by atoms with Crippen LogP contribution in [0.15, 0.2) is 0 Å². The predicted molar refractivity (Wildman–Crippen MR) is 86.8 cm³/mol. The second-order valence-corrected chi connectivity index (χ2v) is 5.87. The van der Waals surface area contributed by atoms with Gasteiger partial charge in [0, 0.05) is 6.61 Å². The van der Waals surface area contributed by atoms with Crippen molar-refractivity contribution >= 4 is 0 Å². The van der Waals surface area contributed by atoms with Crippen molar-refractivity contribution in [3.05, 3.63) is 0 Å². The summed E-state index contributed by atoms with van der Waals surface area (Å²) in [6.45, 7) is 3.49. The van der Waals surface area contributed by atoms with E-state index in [0.29, 0.717) is 6.61 Å². The lowest BCUT2D eigenvalue weighted by Gasteiger charge is -2.12. The Morgan fingerprint density at radius 3 is 1.85 bits per heavy atom. The van der Waals surface area contributed by atoms with Crippen molar-refractivity contribution in [2.45, 2.75) is 96.6 Å².